The number of hydrogen-bond donors (Lipinski definition) is 1. The van der Waals surface area contributed by atoms with Crippen molar-refractivity contribution in [3.8, 4) is 0 Å². The SMILES string of the molecule is CCC(C)(OC)c1nnc(CN)n1C. The van der Waals surface area contributed by atoms with Gasteiger partial charge in [-0.25, -0.2) is 0 Å². The van der Waals surface area contributed by atoms with Crippen LogP contribution in [0.2, 0.25) is 0 Å². The molecular weight excluding hydrogens is 180 g/mol. The van der Waals surface area contributed by atoms with E-state index in [-0.39, 0.29) is 5.60 Å². The highest BCUT2D eigenvalue weighted by atomic mass is 16.5. The number of hydrogen-bond acceptors (Lipinski definition) is 4. The van der Waals surface area contributed by atoms with Crippen molar-refractivity contribution < 1.29 is 4.74 Å². The highest BCUT2D eigenvalue weighted by Gasteiger charge is 2.30. The molecule has 1 unspecified atom stereocenters. The Bertz CT molecular complexity index is 304. The first-order valence-corrected chi connectivity index (χ1v) is 4.73. The minimum Gasteiger partial charge on any atom is -0.371 e. The molecule has 0 aliphatic rings. The van der Waals surface area contributed by atoms with Gasteiger partial charge < -0.3 is 15.0 Å². The van der Waals surface area contributed by atoms with E-state index in [4.69, 9.17) is 10.5 Å². The fourth-order valence-electron chi connectivity index (χ4n) is 1.39. The van der Waals surface area contributed by atoms with Gasteiger partial charge in [-0.15, -0.1) is 10.2 Å². The summed E-state index contributed by atoms with van der Waals surface area (Å²) in [5.41, 5.74) is 5.15. The molecule has 1 atom stereocenters. The normalized spacial score (nSPS) is 15.5. The maximum absolute atomic E-state index is 5.53. The maximum Gasteiger partial charge on any atom is 0.164 e. The molecule has 0 bridgehead atoms. The quantitative estimate of drug-likeness (QED) is 0.767. The van der Waals surface area contributed by atoms with Crippen LogP contribution in [-0.2, 0) is 23.9 Å². The van der Waals surface area contributed by atoms with E-state index >= 15 is 0 Å². The van der Waals surface area contributed by atoms with Gasteiger partial charge in [0.25, 0.3) is 0 Å². The van der Waals surface area contributed by atoms with E-state index in [0.717, 1.165) is 18.1 Å². The lowest BCUT2D eigenvalue weighted by Gasteiger charge is -2.25. The number of nitrogens with zero attached hydrogens (tertiary/aromatic N) is 3. The summed E-state index contributed by atoms with van der Waals surface area (Å²) in [6.45, 7) is 4.45. The molecule has 0 saturated carbocycles. The van der Waals surface area contributed by atoms with E-state index in [2.05, 4.69) is 17.1 Å². The molecule has 0 aromatic carbocycles. The van der Waals surface area contributed by atoms with Gasteiger partial charge in [-0.1, -0.05) is 6.92 Å². The van der Waals surface area contributed by atoms with Gasteiger partial charge in [-0.2, -0.15) is 0 Å². The minimum atomic E-state index is -0.380. The molecule has 0 radical (unpaired) electrons. The van der Waals surface area contributed by atoms with Crippen molar-refractivity contribution in [2.75, 3.05) is 7.11 Å². The summed E-state index contributed by atoms with van der Waals surface area (Å²) < 4.78 is 7.34. The number of rotatable bonds is 4. The van der Waals surface area contributed by atoms with Gasteiger partial charge in [-0.05, 0) is 13.3 Å². The van der Waals surface area contributed by atoms with Crippen molar-refractivity contribution in [2.24, 2.45) is 12.8 Å². The fraction of sp³-hybridized carbons (Fsp3) is 0.778. The lowest BCUT2D eigenvalue weighted by atomic mass is 10.0. The van der Waals surface area contributed by atoms with Crippen molar-refractivity contribution in [1.29, 1.82) is 0 Å². The molecule has 14 heavy (non-hydrogen) atoms. The molecule has 2 N–H and O–H groups in total. The summed E-state index contributed by atoms with van der Waals surface area (Å²) in [6.07, 6.45) is 0.847. The molecular formula is C9H18N4O. The fourth-order valence-corrected chi connectivity index (χ4v) is 1.39. The Balaban J connectivity index is 3.11. The van der Waals surface area contributed by atoms with Crippen LogP contribution in [-0.4, -0.2) is 21.9 Å². The monoisotopic (exact) mass is 198 g/mol. The zero-order valence-corrected chi connectivity index (χ0v) is 9.24. The first kappa shape index (κ1) is 11.1. The number of methoxy groups -OCH3 is 1. The molecule has 1 aromatic rings. The van der Waals surface area contributed by atoms with E-state index in [0.29, 0.717) is 6.54 Å². The average Bonchev–Trinajstić information content (AvgIpc) is 2.59. The Hall–Kier alpha value is -0.940. The Labute approximate surface area is 84.3 Å². The van der Waals surface area contributed by atoms with E-state index in [1.54, 1.807) is 7.11 Å². The third-order valence-corrected chi connectivity index (χ3v) is 2.75. The van der Waals surface area contributed by atoms with E-state index < -0.39 is 0 Å². The summed E-state index contributed by atoms with van der Waals surface area (Å²) in [6, 6.07) is 0. The zero-order valence-electron chi connectivity index (χ0n) is 9.24. The van der Waals surface area contributed by atoms with Crippen molar-refractivity contribution in [1.82, 2.24) is 14.8 Å². The van der Waals surface area contributed by atoms with Gasteiger partial charge in [0.1, 0.15) is 11.4 Å². The lowest BCUT2D eigenvalue weighted by molar-refractivity contribution is -0.0115. The molecule has 0 aliphatic heterocycles. The third kappa shape index (κ3) is 1.65. The van der Waals surface area contributed by atoms with Crippen LogP contribution in [0.1, 0.15) is 31.9 Å². The molecule has 5 nitrogen and oxygen atoms in total. The highest BCUT2D eigenvalue weighted by Crippen LogP contribution is 2.26. The molecule has 1 aromatic heterocycles. The Morgan fingerprint density at radius 3 is 2.50 bits per heavy atom. The van der Waals surface area contributed by atoms with Gasteiger partial charge in [0.2, 0.25) is 0 Å². The second-order valence-corrected chi connectivity index (χ2v) is 3.49. The van der Waals surface area contributed by atoms with Crippen LogP contribution in [0.3, 0.4) is 0 Å². The van der Waals surface area contributed by atoms with Crippen LogP contribution in [0.4, 0.5) is 0 Å². The van der Waals surface area contributed by atoms with Crippen LogP contribution >= 0.6 is 0 Å². The van der Waals surface area contributed by atoms with Gasteiger partial charge >= 0.3 is 0 Å². The molecule has 0 amide bonds. The largest absolute Gasteiger partial charge is 0.371 e. The van der Waals surface area contributed by atoms with Gasteiger partial charge in [0.05, 0.1) is 6.54 Å². The predicted octanol–water partition coefficient (Wildman–Crippen LogP) is 0.545. The van der Waals surface area contributed by atoms with Gasteiger partial charge in [0.15, 0.2) is 5.82 Å². The lowest BCUT2D eigenvalue weighted by Crippen LogP contribution is -2.27. The highest BCUT2D eigenvalue weighted by molar-refractivity contribution is 5.04. The number of aromatic nitrogens is 3. The van der Waals surface area contributed by atoms with E-state index in [9.17, 15) is 0 Å². The molecule has 0 spiro atoms. The maximum atomic E-state index is 5.53. The van der Waals surface area contributed by atoms with Crippen molar-refractivity contribution in [2.45, 2.75) is 32.4 Å². The first-order valence-electron chi connectivity index (χ1n) is 4.73. The van der Waals surface area contributed by atoms with Gasteiger partial charge in [-0.3, -0.25) is 0 Å². The van der Waals surface area contributed by atoms with Crippen LogP contribution in [0.15, 0.2) is 0 Å². The minimum absolute atomic E-state index is 0.380. The van der Waals surface area contributed by atoms with Crippen molar-refractivity contribution >= 4 is 0 Å². The Morgan fingerprint density at radius 1 is 1.50 bits per heavy atom. The van der Waals surface area contributed by atoms with Crippen LogP contribution in [0.5, 0.6) is 0 Å². The molecule has 1 rings (SSSR count). The smallest absolute Gasteiger partial charge is 0.164 e. The van der Waals surface area contributed by atoms with Crippen LogP contribution in [0, 0.1) is 0 Å². The summed E-state index contributed by atoms with van der Waals surface area (Å²) in [7, 11) is 3.59. The molecule has 80 valence electrons. The van der Waals surface area contributed by atoms with Crippen LogP contribution in [0.25, 0.3) is 0 Å². The third-order valence-electron chi connectivity index (χ3n) is 2.75. The summed E-state index contributed by atoms with van der Waals surface area (Å²) in [4.78, 5) is 0. The standard InChI is InChI=1S/C9H18N4O/c1-5-9(2,14-4)8-12-11-7(6-10)13(8)3/h5-6,10H2,1-4H3. The van der Waals surface area contributed by atoms with E-state index in [1.165, 1.54) is 0 Å². The Kier molecular flexibility index (Phi) is 3.23. The van der Waals surface area contributed by atoms with Gasteiger partial charge in [0, 0.05) is 14.2 Å². The number of nitrogens with two attached hydrogens (primary N) is 1. The second-order valence-electron chi connectivity index (χ2n) is 3.49. The van der Waals surface area contributed by atoms with Crippen LogP contribution < -0.4 is 5.73 Å². The predicted molar refractivity (Wildman–Crippen MR) is 53.5 cm³/mol. The average molecular weight is 198 g/mol. The molecule has 5 heteroatoms. The van der Waals surface area contributed by atoms with E-state index in [1.807, 2.05) is 18.5 Å². The summed E-state index contributed by atoms with van der Waals surface area (Å²) >= 11 is 0. The van der Waals surface area contributed by atoms with Crippen molar-refractivity contribution in [3.63, 3.8) is 0 Å². The molecule has 1 heterocycles. The molecule has 0 fully saturated rings. The van der Waals surface area contributed by atoms with Crippen molar-refractivity contribution in [3.05, 3.63) is 11.6 Å². The topological polar surface area (TPSA) is 66.0 Å². The Morgan fingerprint density at radius 2 is 2.14 bits per heavy atom. The molecule has 0 saturated heterocycles. The summed E-state index contributed by atoms with van der Waals surface area (Å²) in [5, 5.41) is 8.11. The number of ether oxygens (including phenoxy) is 1. The molecule has 0 aliphatic carbocycles. The second kappa shape index (κ2) is 4.06. The summed E-state index contributed by atoms with van der Waals surface area (Å²) in [5.74, 6) is 1.60. The first-order chi connectivity index (χ1) is 6.59. The zero-order chi connectivity index (χ0) is 10.8.